The van der Waals surface area contributed by atoms with E-state index in [0.717, 1.165) is 12.1 Å². The number of ether oxygens (including phenoxy) is 3. The van der Waals surface area contributed by atoms with Crippen LogP contribution in [-0.4, -0.2) is 63.1 Å². The molecule has 179 valence electrons. The summed E-state index contributed by atoms with van der Waals surface area (Å²) >= 11 is 5.62. The molecule has 1 aromatic heterocycles. The smallest absolute Gasteiger partial charge is 0.414 e. The van der Waals surface area contributed by atoms with Crippen molar-refractivity contribution in [3.05, 3.63) is 34.9 Å². The van der Waals surface area contributed by atoms with Gasteiger partial charge in [-0.05, 0) is 24.6 Å². The molecule has 2 N–H and O–H groups in total. The molecule has 1 aromatic carbocycles. The van der Waals surface area contributed by atoms with Crippen LogP contribution in [0.5, 0.6) is 11.8 Å². The van der Waals surface area contributed by atoms with Crippen LogP contribution in [0.15, 0.2) is 22.6 Å². The van der Waals surface area contributed by atoms with Crippen LogP contribution in [0.3, 0.4) is 0 Å². The molecule has 1 saturated carbocycles. The van der Waals surface area contributed by atoms with Crippen molar-refractivity contribution in [3.63, 3.8) is 0 Å². The van der Waals surface area contributed by atoms with Gasteiger partial charge in [0.2, 0.25) is 11.8 Å². The first kappa shape index (κ1) is 23.8. The van der Waals surface area contributed by atoms with Crippen molar-refractivity contribution in [2.75, 3.05) is 26.0 Å². The molecule has 2 aromatic rings. The van der Waals surface area contributed by atoms with Crippen LogP contribution in [0, 0.1) is 5.82 Å². The Kier molecular flexibility index (Phi) is 7.41. The van der Waals surface area contributed by atoms with E-state index in [-0.39, 0.29) is 55.0 Å². The first-order valence-corrected chi connectivity index (χ1v) is 12.5. The first-order valence-electron chi connectivity index (χ1n) is 10.2. The third-order valence-electron chi connectivity index (χ3n) is 4.99. The molecule has 0 unspecified atom stereocenters. The number of halogens is 4. The maximum absolute atomic E-state index is 13.4. The van der Waals surface area contributed by atoms with Gasteiger partial charge in [-0.1, -0.05) is 16.7 Å². The SMILES string of the molecule is O=C(COc1ccc(Cl)c(F)c1)N[Si]1CC[C@H](c2nnc(OCCO[C@@H]3CC3(F)F)o2)NC1. The predicted octanol–water partition coefficient (Wildman–Crippen LogP) is 2.43. The summed E-state index contributed by atoms with van der Waals surface area (Å²) in [6.07, 6.45) is -0.116. The fourth-order valence-electron chi connectivity index (χ4n) is 3.13. The number of hydrogen-bond donors (Lipinski definition) is 2. The molecule has 2 heterocycles. The number of amides is 1. The van der Waals surface area contributed by atoms with Gasteiger partial charge >= 0.3 is 6.08 Å². The van der Waals surface area contributed by atoms with Crippen LogP contribution >= 0.6 is 11.6 Å². The Bertz CT molecular complexity index is 977. The Morgan fingerprint density at radius 3 is 2.85 bits per heavy atom. The van der Waals surface area contributed by atoms with E-state index >= 15 is 0 Å². The number of hydrogen-bond acceptors (Lipinski definition) is 8. The van der Waals surface area contributed by atoms with Gasteiger partial charge < -0.3 is 28.9 Å². The lowest BCUT2D eigenvalue weighted by molar-refractivity contribution is -0.121. The summed E-state index contributed by atoms with van der Waals surface area (Å²) in [4.78, 5) is 15.1. The van der Waals surface area contributed by atoms with E-state index in [1.165, 1.54) is 12.1 Å². The Morgan fingerprint density at radius 2 is 2.15 bits per heavy atom. The van der Waals surface area contributed by atoms with E-state index in [9.17, 15) is 18.0 Å². The summed E-state index contributed by atoms with van der Waals surface area (Å²) < 4.78 is 59.8. The summed E-state index contributed by atoms with van der Waals surface area (Å²) in [5.41, 5.74) is 0. The molecule has 1 aliphatic carbocycles. The minimum Gasteiger partial charge on any atom is -0.484 e. The standard InChI is InChI=1S/C19H21ClF3N4O5Si/c20-12-2-1-11(7-13(12)21)31-9-16(28)27-33-6-3-14(24-10-33)17-25-26-18(32-17)30-5-4-29-15-8-19(15,22)23/h1-2,7,14-15,24H,3-6,8-10H2,(H,27,28)/t14-,15-/m1/s1. The van der Waals surface area contributed by atoms with Crippen LogP contribution in [0.4, 0.5) is 13.2 Å². The number of aromatic nitrogens is 2. The summed E-state index contributed by atoms with van der Waals surface area (Å²) in [5.74, 6) is -3.07. The Hall–Kier alpha value is -2.35. The van der Waals surface area contributed by atoms with E-state index in [1.807, 2.05) is 0 Å². The molecule has 2 fully saturated rings. The molecule has 1 radical (unpaired) electrons. The number of alkyl halides is 2. The average Bonchev–Trinajstić information content (AvgIpc) is 3.17. The van der Waals surface area contributed by atoms with E-state index in [0.29, 0.717) is 18.5 Å². The van der Waals surface area contributed by atoms with Crippen LogP contribution in [0.25, 0.3) is 0 Å². The normalized spacial score (nSPS) is 22.1. The van der Waals surface area contributed by atoms with Gasteiger partial charge in [-0.3, -0.25) is 4.79 Å². The third kappa shape index (κ3) is 6.59. The first-order chi connectivity index (χ1) is 15.8. The minimum absolute atomic E-state index is 0.00179. The molecule has 14 heteroatoms. The molecule has 2 aliphatic rings. The lowest BCUT2D eigenvalue weighted by atomic mass is 10.2. The molecule has 1 aliphatic heterocycles. The Balaban J connectivity index is 1.13. The van der Waals surface area contributed by atoms with Crippen molar-refractivity contribution in [2.45, 2.75) is 37.0 Å². The van der Waals surface area contributed by atoms with Crippen molar-refractivity contribution in [1.29, 1.82) is 0 Å². The molecule has 0 spiro atoms. The van der Waals surface area contributed by atoms with Gasteiger partial charge in [0.05, 0.1) is 17.7 Å². The lowest BCUT2D eigenvalue weighted by Crippen LogP contribution is -2.51. The zero-order valence-corrected chi connectivity index (χ0v) is 19.0. The van der Waals surface area contributed by atoms with Gasteiger partial charge in [-0.2, -0.15) is 0 Å². The molecule has 33 heavy (non-hydrogen) atoms. The van der Waals surface area contributed by atoms with Crippen molar-refractivity contribution in [1.82, 2.24) is 20.5 Å². The highest BCUT2D eigenvalue weighted by atomic mass is 35.5. The summed E-state index contributed by atoms with van der Waals surface area (Å²) in [6, 6.07) is 4.54. The van der Waals surface area contributed by atoms with Crippen molar-refractivity contribution >= 4 is 26.5 Å². The molecule has 0 bridgehead atoms. The van der Waals surface area contributed by atoms with Gasteiger partial charge in [-0.15, -0.1) is 5.10 Å². The summed E-state index contributed by atoms with van der Waals surface area (Å²) in [7, 11) is -1.21. The number of carbonyl (C=O) groups is 1. The Labute approximate surface area is 193 Å². The zero-order valence-electron chi connectivity index (χ0n) is 17.3. The van der Waals surface area contributed by atoms with Gasteiger partial charge in [-0.25, -0.2) is 13.2 Å². The van der Waals surface area contributed by atoms with E-state index in [2.05, 4.69) is 20.5 Å². The second kappa shape index (κ2) is 10.3. The van der Waals surface area contributed by atoms with Crippen molar-refractivity contribution < 1.29 is 36.6 Å². The van der Waals surface area contributed by atoms with Crippen LogP contribution in [0.1, 0.15) is 24.8 Å². The quantitative estimate of drug-likeness (QED) is 0.374. The number of nitrogens with one attached hydrogen (secondary N) is 2. The van der Waals surface area contributed by atoms with Crippen molar-refractivity contribution in [3.8, 4) is 11.8 Å². The van der Waals surface area contributed by atoms with E-state index in [1.54, 1.807) is 0 Å². The maximum atomic E-state index is 13.4. The van der Waals surface area contributed by atoms with Gasteiger partial charge in [0.25, 0.3) is 5.92 Å². The molecule has 9 nitrogen and oxygen atoms in total. The minimum atomic E-state index is -2.73. The average molecular weight is 506 g/mol. The van der Waals surface area contributed by atoms with Gasteiger partial charge in [0, 0.05) is 18.7 Å². The highest BCUT2D eigenvalue weighted by Gasteiger charge is 2.58. The molecular weight excluding hydrogens is 485 g/mol. The molecule has 1 amide bonds. The highest BCUT2D eigenvalue weighted by molar-refractivity contribution is 6.59. The topological polar surface area (TPSA) is 108 Å². The van der Waals surface area contributed by atoms with E-state index < -0.39 is 26.8 Å². The zero-order chi connectivity index (χ0) is 23.4. The monoisotopic (exact) mass is 505 g/mol. The highest BCUT2D eigenvalue weighted by Crippen LogP contribution is 2.44. The number of benzene rings is 1. The Morgan fingerprint density at radius 1 is 1.33 bits per heavy atom. The van der Waals surface area contributed by atoms with Crippen LogP contribution in [0.2, 0.25) is 11.1 Å². The number of nitrogens with zero attached hydrogens (tertiary/aromatic N) is 2. The lowest BCUT2D eigenvalue weighted by Gasteiger charge is -2.26. The summed E-state index contributed by atoms with van der Waals surface area (Å²) in [6.45, 7) is -0.205. The largest absolute Gasteiger partial charge is 0.484 e. The molecule has 2 atom stereocenters. The number of rotatable bonds is 10. The van der Waals surface area contributed by atoms with Gasteiger partial charge in [0.15, 0.2) is 15.6 Å². The van der Waals surface area contributed by atoms with E-state index in [4.69, 9.17) is 30.2 Å². The molecule has 1 saturated heterocycles. The van der Waals surface area contributed by atoms with Gasteiger partial charge in [0.1, 0.15) is 24.3 Å². The second-order valence-electron chi connectivity index (χ2n) is 7.57. The third-order valence-corrected chi connectivity index (χ3v) is 7.45. The predicted molar refractivity (Wildman–Crippen MR) is 110 cm³/mol. The second-order valence-corrected chi connectivity index (χ2v) is 10.3. The van der Waals surface area contributed by atoms with Crippen molar-refractivity contribution in [2.24, 2.45) is 0 Å². The molecule has 4 rings (SSSR count). The fraction of sp³-hybridized carbons (Fsp3) is 0.526. The summed E-state index contributed by atoms with van der Waals surface area (Å²) in [5, 5.41) is 11.0. The maximum Gasteiger partial charge on any atom is 0.414 e. The molecular formula is C19H21ClF3N4O5Si. The number of carbonyl (C=O) groups excluding carboxylic acids is 1. The van der Waals surface area contributed by atoms with Crippen LogP contribution < -0.4 is 19.8 Å². The van der Waals surface area contributed by atoms with Crippen LogP contribution in [-0.2, 0) is 9.53 Å². The fourth-order valence-corrected chi connectivity index (χ4v) is 5.23.